The Hall–Kier alpha value is -2.73. The molecule has 2 heterocycles. The molecule has 38 heavy (non-hydrogen) atoms. The third-order valence-corrected chi connectivity index (χ3v) is 10.9. The van der Waals surface area contributed by atoms with E-state index in [-0.39, 0.29) is 5.69 Å². The molecular weight excluding hydrogens is 600 g/mol. The zero-order valence-electron chi connectivity index (χ0n) is 22.1. The first-order chi connectivity index (χ1) is 18.0. The molecule has 0 amide bonds. The second-order valence-corrected chi connectivity index (χ2v) is 24.0. The second kappa shape index (κ2) is 11.6. The summed E-state index contributed by atoms with van der Waals surface area (Å²) in [4.78, 5) is 6.74. The number of aliphatic hydroxyl groups excluding tert-OH is 1. The molecule has 0 aliphatic rings. The number of nitrogens with zero attached hydrogens (tertiary/aromatic N) is 6. The number of aliphatic hydroxyl groups is 1. The topological polar surface area (TPSA) is 81.7 Å². The van der Waals surface area contributed by atoms with Gasteiger partial charge in [0, 0.05) is 0 Å². The number of rotatable bonds is 10. The average Bonchev–Trinajstić information content (AvgIpc) is 3.47. The van der Waals surface area contributed by atoms with E-state index in [4.69, 9.17) is 0 Å². The van der Waals surface area contributed by atoms with E-state index in [0.29, 0.717) is 24.1 Å². The second-order valence-electron chi connectivity index (χ2n) is 10.4. The minimum atomic E-state index is -4.42. The number of unbranched alkanes of at least 4 members (excludes halogenated alkanes) is 1. The maximum atomic E-state index is 13.2. The molecule has 0 fully saturated rings. The van der Waals surface area contributed by atoms with E-state index >= 15 is 0 Å². The van der Waals surface area contributed by atoms with Crippen molar-refractivity contribution < 1.29 is 18.3 Å². The number of hydrogen-bond donors (Lipinski definition) is 1. The van der Waals surface area contributed by atoms with Crippen molar-refractivity contribution in [2.45, 2.75) is 66.8 Å². The molecule has 0 atom stereocenters. The third kappa shape index (κ3) is 6.45. The van der Waals surface area contributed by atoms with Crippen molar-refractivity contribution in [1.29, 1.82) is 0 Å². The summed E-state index contributed by atoms with van der Waals surface area (Å²) in [5.74, 6) is 0.762. The first-order valence-corrected chi connectivity index (χ1v) is 22.6. The van der Waals surface area contributed by atoms with Crippen molar-refractivity contribution in [3.05, 3.63) is 71.0 Å². The molecule has 1 N–H and O–H groups in total. The minimum absolute atomic E-state index is 0.225. The van der Waals surface area contributed by atoms with E-state index in [1.807, 2.05) is 58.4 Å². The first kappa shape index (κ1) is 28.3. The summed E-state index contributed by atoms with van der Waals surface area (Å²) in [5.41, 5.74) is 5.40. The van der Waals surface area contributed by atoms with Crippen LogP contribution in [0.25, 0.3) is 22.5 Å². The zero-order valence-corrected chi connectivity index (χ0v) is 25.0. The molecule has 0 aliphatic heterocycles. The summed E-state index contributed by atoms with van der Waals surface area (Å²) in [6.07, 6.45) is -1.74. The van der Waals surface area contributed by atoms with Crippen molar-refractivity contribution in [3.63, 3.8) is 0 Å². The van der Waals surface area contributed by atoms with Gasteiger partial charge < -0.3 is 5.11 Å². The van der Waals surface area contributed by atoms with E-state index in [1.54, 1.807) is 0 Å². The van der Waals surface area contributed by atoms with Gasteiger partial charge in [0.05, 0.1) is 0 Å². The Morgan fingerprint density at radius 3 is 2.26 bits per heavy atom. The van der Waals surface area contributed by atoms with Gasteiger partial charge >= 0.3 is 181 Å². The van der Waals surface area contributed by atoms with Gasteiger partial charge in [-0.2, -0.15) is 13.2 Å². The standard InChI is InChI=1S/C24H24F3N6O.3CH3.Sn/c1-2-3-8-21-20(22(14-34)33(30-21)15-24(25,26)27)13-16-9-11-17(12-10-16)18-6-4-5-7-19(18)23-28-31-32-29-23;;;;/h4-7,9-12,34H,2-3,8,13-15H2,1H3;3*1H3;/q-1;;;;+1. The molecule has 7 nitrogen and oxygen atoms in total. The summed E-state index contributed by atoms with van der Waals surface area (Å²) in [5, 5.41) is 26.8. The Morgan fingerprint density at radius 1 is 0.974 bits per heavy atom. The zero-order chi connectivity index (χ0) is 27.5. The van der Waals surface area contributed by atoms with Crippen LogP contribution in [-0.4, -0.2) is 58.1 Å². The number of hydrogen-bond acceptors (Lipinski definition) is 5. The summed E-state index contributed by atoms with van der Waals surface area (Å²) >= 11 is -2.63. The monoisotopic (exact) mass is 634 g/mol. The van der Waals surface area contributed by atoms with Crippen LogP contribution >= 0.6 is 0 Å². The Kier molecular flexibility index (Phi) is 8.61. The molecule has 4 rings (SSSR count). The van der Waals surface area contributed by atoms with Crippen LogP contribution in [0.2, 0.25) is 14.8 Å². The maximum absolute atomic E-state index is 13.2. The molecule has 2 aromatic heterocycles. The van der Waals surface area contributed by atoms with Crippen LogP contribution in [0, 0.1) is 0 Å². The van der Waals surface area contributed by atoms with Crippen LogP contribution in [0.15, 0.2) is 48.5 Å². The summed E-state index contributed by atoms with van der Waals surface area (Å²) < 4.78 is 42.4. The number of aromatic nitrogens is 6. The van der Waals surface area contributed by atoms with Crippen LogP contribution in [-0.2, 0) is 26.0 Å². The van der Waals surface area contributed by atoms with E-state index in [9.17, 15) is 18.3 Å². The summed E-state index contributed by atoms with van der Waals surface area (Å²) in [6, 6.07) is 16.0. The number of benzene rings is 2. The van der Waals surface area contributed by atoms with Crippen molar-refractivity contribution in [1.82, 2.24) is 28.2 Å². The number of aryl methyl sites for hydroxylation is 1. The van der Waals surface area contributed by atoms with Crippen LogP contribution < -0.4 is 0 Å². The molecule has 202 valence electrons. The molecule has 4 aromatic rings. The molecule has 0 aliphatic carbocycles. The Labute approximate surface area is 224 Å². The SMILES string of the molecule is CCCCc1nn(CC(F)(F)F)c(CO)c1Cc1ccc(-c2ccccc2-c2nnn[n]2[Sn]([CH3])([CH3])[CH3])cc1. The van der Waals surface area contributed by atoms with E-state index < -0.39 is 38.0 Å². The van der Waals surface area contributed by atoms with Crippen LogP contribution in [0.4, 0.5) is 13.2 Å². The van der Waals surface area contributed by atoms with Gasteiger partial charge in [-0.25, -0.2) is 0 Å². The molecule has 0 saturated heterocycles. The molecule has 0 bridgehead atoms. The normalized spacial score (nSPS) is 12.3. The summed E-state index contributed by atoms with van der Waals surface area (Å²) in [6.45, 7) is 0.318. The van der Waals surface area contributed by atoms with Gasteiger partial charge in [0.25, 0.3) is 0 Å². The predicted octanol–water partition coefficient (Wildman–Crippen LogP) is 5.87. The Bertz CT molecular complexity index is 1370. The van der Waals surface area contributed by atoms with Crippen LogP contribution in [0.1, 0.15) is 42.3 Å². The molecule has 0 saturated carbocycles. The fourth-order valence-electron chi connectivity index (χ4n) is 4.56. The third-order valence-electron chi connectivity index (χ3n) is 6.41. The Morgan fingerprint density at radius 2 is 1.66 bits per heavy atom. The molecule has 0 spiro atoms. The molecule has 0 radical (unpaired) electrons. The van der Waals surface area contributed by atoms with Crippen molar-refractivity contribution in [2.24, 2.45) is 0 Å². The fourth-order valence-corrected chi connectivity index (χ4v) is 7.72. The molecule has 2 aromatic carbocycles. The van der Waals surface area contributed by atoms with Crippen LogP contribution in [0.3, 0.4) is 0 Å². The van der Waals surface area contributed by atoms with Crippen molar-refractivity contribution in [2.75, 3.05) is 0 Å². The van der Waals surface area contributed by atoms with Gasteiger partial charge in [-0.05, 0) is 6.42 Å². The van der Waals surface area contributed by atoms with Crippen molar-refractivity contribution >= 4 is 18.7 Å². The average molecular weight is 633 g/mol. The number of tetrazole rings is 1. The summed E-state index contributed by atoms with van der Waals surface area (Å²) in [7, 11) is 0. The fraction of sp³-hybridized carbons (Fsp3) is 0.407. The molecule has 11 heteroatoms. The first-order valence-electron chi connectivity index (χ1n) is 12.7. The van der Waals surface area contributed by atoms with Crippen LogP contribution in [0.5, 0.6) is 0 Å². The molecular formula is C27H33F3N6OSn. The number of halogens is 3. The van der Waals surface area contributed by atoms with E-state index in [2.05, 4.69) is 35.4 Å². The van der Waals surface area contributed by atoms with Crippen molar-refractivity contribution in [3.8, 4) is 22.5 Å². The van der Waals surface area contributed by atoms with E-state index in [0.717, 1.165) is 45.6 Å². The molecule has 0 unspecified atom stereocenters. The van der Waals surface area contributed by atoms with Gasteiger partial charge in [-0.1, -0.05) is 13.3 Å². The van der Waals surface area contributed by atoms with Gasteiger partial charge in [-0.15, -0.1) is 0 Å². The predicted molar refractivity (Wildman–Crippen MR) is 143 cm³/mol. The van der Waals surface area contributed by atoms with Gasteiger partial charge in [0.2, 0.25) is 0 Å². The van der Waals surface area contributed by atoms with E-state index in [1.165, 1.54) is 0 Å². The van der Waals surface area contributed by atoms with Gasteiger partial charge in [0.1, 0.15) is 6.54 Å². The number of alkyl halides is 3. The van der Waals surface area contributed by atoms with Gasteiger partial charge in [-0.3, -0.25) is 0 Å². The quantitative estimate of drug-likeness (QED) is 0.221. The van der Waals surface area contributed by atoms with Gasteiger partial charge in [0.15, 0.2) is 0 Å². The Balaban J connectivity index is 1.67.